The van der Waals surface area contributed by atoms with E-state index in [0.717, 1.165) is 18.2 Å². The molecule has 15 heavy (non-hydrogen) atoms. The number of esters is 1. The highest BCUT2D eigenvalue weighted by atomic mass is 79.9. The van der Waals surface area contributed by atoms with E-state index in [4.69, 9.17) is 4.74 Å². The Morgan fingerprint density at radius 3 is 2.47 bits per heavy atom. The summed E-state index contributed by atoms with van der Waals surface area (Å²) in [5, 5.41) is 0.977. The number of halogens is 1. The normalized spacial score (nSPS) is 12.2. The summed E-state index contributed by atoms with van der Waals surface area (Å²) in [6.45, 7) is 9.24. The number of alkyl halides is 1. The second-order valence-electron chi connectivity index (χ2n) is 3.55. The van der Waals surface area contributed by atoms with Gasteiger partial charge in [0.15, 0.2) is 0 Å². The Kier molecular flexibility index (Phi) is 8.38. The number of hydrogen-bond donors (Lipinski definition) is 0. The molecule has 0 aliphatic heterocycles. The topological polar surface area (TPSA) is 26.3 Å². The van der Waals surface area contributed by atoms with Crippen LogP contribution in [0.1, 0.15) is 26.2 Å². The van der Waals surface area contributed by atoms with E-state index in [1.54, 1.807) is 12.2 Å². The lowest BCUT2D eigenvalue weighted by Gasteiger charge is -2.11. The molecule has 2 nitrogen and oxygen atoms in total. The largest absolute Gasteiger partial charge is 0.454 e. The molecule has 0 amide bonds. The van der Waals surface area contributed by atoms with Crippen LogP contribution in [0.4, 0.5) is 0 Å². The molecule has 0 heterocycles. The smallest absolute Gasteiger partial charge is 0.306 e. The first-order valence-corrected chi connectivity index (χ1v) is 6.26. The van der Waals surface area contributed by atoms with Gasteiger partial charge in [0.1, 0.15) is 6.10 Å². The van der Waals surface area contributed by atoms with Crippen LogP contribution < -0.4 is 0 Å². The first-order chi connectivity index (χ1) is 7.13. The van der Waals surface area contributed by atoms with Gasteiger partial charge in [0, 0.05) is 11.8 Å². The lowest BCUT2D eigenvalue weighted by atomic mass is 10.0. The van der Waals surface area contributed by atoms with Crippen LogP contribution in [-0.4, -0.2) is 17.4 Å². The summed E-state index contributed by atoms with van der Waals surface area (Å²) in [6.07, 6.45) is 5.18. The molecular weight excluding hydrogens is 256 g/mol. The van der Waals surface area contributed by atoms with Crippen LogP contribution in [0.3, 0.4) is 0 Å². The van der Waals surface area contributed by atoms with Gasteiger partial charge in [-0.2, -0.15) is 0 Å². The van der Waals surface area contributed by atoms with E-state index in [1.807, 2.05) is 0 Å². The van der Waals surface area contributed by atoms with Gasteiger partial charge in [-0.15, -0.1) is 0 Å². The van der Waals surface area contributed by atoms with Crippen LogP contribution in [-0.2, 0) is 9.53 Å². The van der Waals surface area contributed by atoms with Crippen LogP contribution in [0, 0.1) is 5.92 Å². The lowest BCUT2D eigenvalue weighted by molar-refractivity contribution is -0.145. The molecule has 0 radical (unpaired) electrons. The van der Waals surface area contributed by atoms with E-state index in [1.165, 1.54) is 0 Å². The number of ether oxygens (including phenoxy) is 1. The van der Waals surface area contributed by atoms with Crippen molar-refractivity contribution in [2.75, 3.05) is 5.33 Å². The SMILES string of the molecule is C=CC(C=C)OC(=O)CCC(C)CCBr. The van der Waals surface area contributed by atoms with E-state index in [2.05, 4.69) is 36.0 Å². The predicted molar refractivity (Wildman–Crippen MR) is 67.1 cm³/mol. The maximum Gasteiger partial charge on any atom is 0.306 e. The molecule has 0 spiro atoms. The molecule has 0 rings (SSSR count). The molecule has 86 valence electrons. The molecule has 0 fully saturated rings. The highest BCUT2D eigenvalue weighted by molar-refractivity contribution is 9.09. The Morgan fingerprint density at radius 1 is 1.40 bits per heavy atom. The van der Waals surface area contributed by atoms with Gasteiger partial charge < -0.3 is 4.74 Å². The summed E-state index contributed by atoms with van der Waals surface area (Å²) in [5.41, 5.74) is 0. The zero-order chi connectivity index (χ0) is 11.7. The fourth-order valence-electron chi connectivity index (χ4n) is 1.10. The van der Waals surface area contributed by atoms with Crippen LogP contribution in [0.2, 0.25) is 0 Å². The van der Waals surface area contributed by atoms with Gasteiger partial charge in [0.25, 0.3) is 0 Å². The fourth-order valence-corrected chi connectivity index (χ4v) is 1.88. The molecule has 0 aromatic rings. The van der Waals surface area contributed by atoms with Gasteiger partial charge in [-0.3, -0.25) is 4.79 Å². The average molecular weight is 275 g/mol. The first kappa shape index (κ1) is 14.4. The molecule has 0 aromatic heterocycles. The maximum absolute atomic E-state index is 11.4. The third-order valence-corrected chi connectivity index (χ3v) is 2.63. The van der Waals surface area contributed by atoms with Crippen LogP contribution in [0.25, 0.3) is 0 Å². The summed E-state index contributed by atoms with van der Waals surface area (Å²) in [7, 11) is 0. The van der Waals surface area contributed by atoms with Gasteiger partial charge in [0.05, 0.1) is 0 Å². The van der Waals surface area contributed by atoms with Gasteiger partial charge in [-0.1, -0.05) is 36.0 Å². The number of carbonyl (C=O) groups is 1. The highest BCUT2D eigenvalue weighted by Crippen LogP contribution is 2.12. The van der Waals surface area contributed by atoms with Crippen molar-refractivity contribution in [1.82, 2.24) is 0 Å². The zero-order valence-electron chi connectivity index (χ0n) is 9.25. The second-order valence-corrected chi connectivity index (χ2v) is 4.34. The predicted octanol–water partition coefficient (Wildman–Crippen LogP) is 3.47. The second kappa shape index (κ2) is 8.72. The maximum atomic E-state index is 11.4. The van der Waals surface area contributed by atoms with Gasteiger partial charge in [-0.25, -0.2) is 0 Å². The average Bonchev–Trinajstić information content (AvgIpc) is 2.23. The summed E-state index contributed by atoms with van der Waals surface area (Å²) in [4.78, 5) is 11.4. The quantitative estimate of drug-likeness (QED) is 0.385. The zero-order valence-corrected chi connectivity index (χ0v) is 10.8. The third-order valence-electron chi connectivity index (χ3n) is 2.18. The Hall–Kier alpha value is -0.570. The number of hydrogen-bond acceptors (Lipinski definition) is 2. The van der Waals surface area contributed by atoms with E-state index in [0.29, 0.717) is 12.3 Å². The van der Waals surface area contributed by atoms with E-state index in [9.17, 15) is 4.79 Å². The molecule has 1 atom stereocenters. The molecule has 3 heteroatoms. The summed E-state index contributed by atoms with van der Waals surface area (Å²) in [6, 6.07) is 0. The molecule has 0 saturated heterocycles. The van der Waals surface area contributed by atoms with Crippen molar-refractivity contribution in [2.24, 2.45) is 5.92 Å². The molecule has 0 N–H and O–H groups in total. The molecule has 0 aliphatic carbocycles. The van der Waals surface area contributed by atoms with E-state index >= 15 is 0 Å². The lowest BCUT2D eigenvalue weighted by Crippen LogP contribution is -2.14. The minimum Gasteiger partial charge on any atom is -0.454 e. The Morgan fingerprint density at radius 2 is 2.00 bits per heavy atom. The van der Waals surface area contributed by atoms with Crippen molar-refractivity contribution in [2.45, 2.75) is 32.3 Å². The number of rotatable bonds is 8. The van der Waals surface area contributed by atoms with E-state index in [-0.39, 0.29) is 12.1 Å². The molecule has 0 saturated carbocycles. The Bertz CT molecular complexity index is 206. The third kappa shape index (κ3) is 7.37. The van der Waals surface area contributed by atoms with Gasteiger partial charge in [0.2, 0.25) is 0 Å². The van der Waals surface area contributed by atoms with Crippen molar-refractivity contribution in [3.8, 4) is 0 Å². The van der Waals surface area contributed by atoms with Gasteiger partial charge in [-0.05, 0) is 30.9 Å². The standard InChI is InChI=1S/C12H19BrO2/c1-4-11(5-2)15-12(14)7-6-10(3)8-9-13/h4-5,10-11H,1-2,6-9H2,3H3. The molecule has 1 unspecified atom stereocenters. The monoisotopic (exact) mass is 274 g/mol. The van der Waals surface area contributed by atoms with Crippen molar-refractivity contribution in [1.29, 1.82) is 0 Å². The molecule has 0 bridgehead atoms. The van der Waals surface area contributed by atoms with E-state index < -0.39 is 0 Å². The molecular formula is C12H19BrO2. The van der Waals surface area contributed by atoms with Crippen LogP contribution >= 0.6 is 15.9 Å². The van der Waals surface area contributed by atoms with Gasteiger partial charge >= 0.3 is 5.97 Å². The van der Waals surface area contributed by atoms with Crippen molar-refractivity contribution in [3.63, 3.8) is 0 Å². The fraction of sp³-hybridized carbons (Fsp3) is 0.583. The Balaban J connectivity index is 3.73. The van der Waals surface area contributed by atoms with Crippen molar-refractivity contribution < 1.29 is 9.53 Å². The summed E-state index contributed by atoms with van der Waals surface area (Å²) >= 11 is 3.38. The van der Waals surface area contributed by atoms with Crippen LogP contribution in [0.5, 0.6) is 0 Å². The van der Waals surface area contributed by atoms with Crippen molar-refractivity contribution >= 4 is 21.9 Å². The minimum atomic E-state index is -0.357. The molecule has 0 aliphatic rings. The summed E-state index contributed by atoms with van der Waals surface area (Å²) < 4.78 is 5.09. The van der Waals surface area contributed by atoms with Crippen molar-refractivity contribution in [3.05, 3.63) is 25.3 Å². The number of carbonyl (C=O) groups excluding carboxylic acids is 1. The minimum absolute atomic E-state index is 0.179. The first-order valence-electron chi connectivity index (χ1n) is 5.14. The van der Waals surface area contributed by atoms with Crippen LogP contribution in [0.15, 0.2) is 25.3 Å². The highest BCUT2D eigenvalue weighted by Gasteiger charge is 2.09. The Labute approximate surface area is 101 Å². The summed E-state index contributed by atoms with van der Waals surface area (Å²) in [5.74, 6) is 0.365. The molecule has 0 aromatic carbocycles.